The minimum absolute atomic E-state index is 0.0105. The van der Waals surface area contributed by atoms with Crippen LogP contribution in [-0.2, 0) is 6.54 Å². The maximum Gasteiger partial charge on any atom is 0.387 e. The van der Waals surface area contributed by atoms with Crippen molar-refractivity contribution >= 4 is 21.8 Å². The number of amides is 1. The molecule has 8 heteroatoms. The van der Waals surface area contributed by atoms with Crippen molar-refractivity contribution in [3.63, 3.8) is 0 Å². The van der Waals surface area contributed by atoms with E-state index in [0.29, 0.717) is 10.2 Å². The number of hydrogen-bond donors (Lipinski definition) is 1. The third-order valence-corrected chi connectivity index (χ3v) is 5.19. The van der Waals surface area contributed by atoms with Crippen LogP contribution < -0.4 is 10.1 Å². The lowest BCUT2D eigenvalue weighted by molar-refractivity contribution is -0.0501. The van der Waals surface area contributed by atoms with Gasteiger partial charge in [-0.2, -0.15) is 13.9 Å². The molecule has 0 bridgehead atoms. The van der Waals surface area contributed by atoms with Gasteiger partial charge in [-0.3, -0.25) is 4.79 Å². The summed E-state index contributed by atoms with van der Waals surface area (Å²) in [7, 11) is 0. The van der Waals surface area contributed by atoms with Gasteiger partial charge in [0.1, 0.15) is 5.75 Å². The second-order valence-electron chi connectivity index (χ2n) is 6.85. The zero-order valence-electron chi connectivity index (χ0n) is 16.7. The molecular formula is C24H18BrF2N3O2. The van der Waals surface area contributed by atoms with E-state index in [1.54, 1.807) is 4.68 Å². The minimum atomic E-state index is -3.03. The highest BCUT2D eigenvalue weighted by atomic mass is 79.9. The van der Waals surface area contributed by atoms with Gasteiger partial charge in [0.2, 0.25) is 0 Å². The number of ether oxygens (including phenoxy) is 1. The Morgan fingerprint density at radius 2 is 1.72 bits per heavy atom. The first-order valence-corrected chi connectivity index (χ1v) is 10.5. The molecule has 0 aliphatic carbocycles. The Kier molecular flexibility index (Phi) is 6.61. The molecule has 1 aromatic heterocycles. The van der Waals surface area contributed by atoms with Gasteiger partial charge in [-0.15, -0.1) is 0 Å². The molecule has 5 nitrogen and oxygen atoms in total. The number of benzene rings is 3. The van der Waals surface area contributed by atoms with Crippen molar-refractivity contribution in [3.8, 4) is 22.7 Å². The summed E-state index contributed by atoms with van der Waals surface area (Å²) >= 11 is 3.26. The van der Waals surface area contributed by atoms with Gasteiger partial charge in [0, 0.05) is 28.3 Å². The monoisotopic (exact) mass is 497 g/mol. The van der Waals surface area contributed by atoms with Crippen LogP contribution in [0.5, 0.6) is 5.75 Å². The number of aromatic nitrogens is 2. The van der Waals surface area contributed by atoms with Crippen molar-refractivity contribution in [2.75, 3.05) is 0 Å². The molecule has 0 saturated heterocycles. The van der Waals surface area contributed by atoms with Crippen LogP contribution in [-0.4, -0.2) is 22.3 Å². The molecule has 0 spiro atoms. The van der Waals surface area contributed by atoms with Crippen molar-refractivity contribution in [2.45, 2.75) is 13.2 Å². The third-order valence-electron chi connectivity index (χ3n) is 4.70. The average Bonchev–Trinajstić information content (AvgIpc) is 3.24. The van der Waals surface area contributed by atoms with Crippen LogP contribution in [0, 0.1) is 0 Å². The van der Waals surface area contributed by atoms with Gasteiger partial charge in [-0.05, 0) is 30.3 Å². The van der Waals surface area contributed by atoms with Crippen LogP contribution in [0.3, 0.4) is 0 Å². The van der Waals surface area contributed by atoms with Crippen molar-refractivity contribution in [2.24, 2.45) is 0 Å². The predicted octanol–water partition coefficient (Wildman–Crippen LogP) is 5.83. The quantitative estimate of drug-likeness (QED) is 0.349. The fourth-order valence-electron chi connectivity index (χ4n) is 3.24. The van der Waals surface area contributed by atoms with E-state index < -0.39 is 12.5 Å². The first-order chi connectivity index (χ1) is 15.5. The van der Waals surface area contributed by atoms with Crippen molar-refractivity contribution in [1.82, 2.24) is 15.1 Å². The van der Waals surface area contributed by atoms with Crippen molar-refractivity contribution in [3.05, 3.63) is 101 Å². The summed E-state index contributed by atoms with van der Waals surface area (Å²) in [5.74, 6) is -0.725. The summed E-state index contributed by atoms with van der Waals surface area (Å²) in [5.41, 5.74) is 3.28. The number of para-hydroxylation sites is 1. The highest BCUT2D eigenvalue weighted by Crippen LogP contribution is 2.26. The summed E-state index contributed by atoms with van der Waals surface area (Å²) in [6, 6.07) is 23.5. The molecule has 1 N–H and O–H groups in total. The number of carbonyl (C=O) groups is 1. The molecule has 1 heterocycles. The second-order valence-corrected chi connectivity index (χ2v) is 7.77. The van der Waals surface area contributed by atoms with E-state index >= 15 is 0 Å². The Bertz CT molecular complexity index is 1210. The molecular weight excluding hydrogens is 480 g/mol. The zero-order valence-corrected chi connectivity index (χ0v) is 18.3. The van der Waals surface area contributed by atoms with E-state index in [2.05, 4.69) is 26.0 Å². The molecule has 4 rings (SSSR count). The predicted molar refractivity (Wildman–Crippen MR) is 121 cm³/mol. The first kappa shape index (κ1) is 21.7. The lowest BCUT2D eigenvalue weighted by Gasteiger charge is -2.11. The van der Waals surface area contributed by atoms with Gasteiger partial charge in [-0.1, -0.05) is 64.5 Å². The SMILES string of the molecule is O=C(NCc1cn(-c2ccccc2)nc1-c1ccccc1)c1cc(Br)ccc1OC(F)F. The minimum Gasteiger partial charge on any atom is -0.434 e. The van der Waals surface area contributed by atoms with E-state index in [4.69, 9.17) is 5.10 Å². The highest BCUT2D eigenvalue weighted by molar-refractivity contribution is 9.10. The van der Waals surface area contributed by atoms with Crippen LogP contribution in [0.25, 0.3) is 16.9 Å². The number of hydrogen-bond acceptors (Lipinski definition) is 3. The lowest BCUT2D eigenvalue weighted by atomic mass is 10.1. The molecule has 0 saturated carbocycles. The summed E-state index contributed by atoms with van der Waals surface area (Å²) in [5, 5.41) is 7.50. The Labute approximate surface area is 191 Å². The Morgan fingerprint density at radius 3 is 2.41 bits per heavy atom. The summed E-state index contributed by atoms with van der Waals surface area (Å²) in [6.45, 7) is -2.88. The fourth-order valence-corrected chi connectivity index (χ4v) is 3.60. The Hall–Kier alpha value is -3.52. The van der Waals surface area contributed by atoms with Crippen LogP contribution in [0.1, 0.15) is 15.9 Å². The summed E-state index contributed by atoms with van der Waals surface area (Å²) < 4.78 is 32.3. The van der Waals surface area contributed by atoms with Crippen LogP contribution >= 0.6 is 15.9 Å². The normalized spacial score (nSPS) is 10.9. The van der Waals surface area contributed by atoms with Gasteiger partial charge < -0.3 is 10.1 Å². The Morgan fingerprint density at radius 1 is 1.03 bits per heavy atom. The highest BCUT2D eigenvalue weighted by Gasteiger charge is 2.18. The number of nitrogens with zero attached hydrogens (tertiary/aromatic N) is 2. The number of alkyl halides is 2. The van der Waals surface area contributed by atoms with Crippen LogP contribution in [0.2, 0.25) is 0 Å². The average molecular weight is 498 g/mol. The molecule has 0 atom stereocenters. The molecule has 3 aromatic carbocycles. The van der Waals surface area contributed by atoms with Gasteiger partial charge in [-0.25, -0.2) is 4.68 Å². The number of halogens is 3. The molecule has 0 fully saturated rings. The largest absolute Gasteiger partial charge is 0.434 e. The molecule has 162 valence electrons. The molecule has 4 aromatic rings. The van der Waals surface area contributed by atoms with Gasteiger partial charge in [0.25, 0.3) is 5.91 Å². The van der Waals surface area contributed by atoms with Gasteiger partial charge in [0.05, 0.1) is 16.9 Å². The summed E-state index contributed by atoms with van der Waals surface area (Å²) in [4.78, 5) is 12.8. The zero-order chi connectivity index (χ0) is 22.5. The second kappa shape index (κ2) is 9.74. The maximum atomic E-state index is 12.8. The van der Waals surface area contributed by atoms with Gasteiger partial charge >= 0.3 is 6.61 Å². The van der Waals surface area contributed by atoms with Crippen molar-refractivity contribution < 1.29 is 18.3 Å². The first-order valence-electron chi connectivity index (χ1n) is 9.73. The fraction of sp³-hybridized carbons (Fsp3) is 0.0833. The number of nitrogens with one attached hydrogen (secondary N) is 1. The molecule has 32 heavy (non-hydrogen) atoms. The molecule has 0 radical (unpaired) electrons. The topological polar surface area (TPSA) is 56.2 Å². The Balaban J connectivity index is 1.63. The van der Waals surface area contributed by atoms with Crippen LogP contribution in [0.15, 0.2) is 89.5 Å². The molecule has 0 aliphatic heterocycles. The lowest BCUT2D eigenvalue weighted by Crippen LogP contribution is -2.24. The number of rotatable bonds is 7. The maximum absolute atomic E-state index is 12.8. The number of carbonyl (C=O) groups excluding carboxylic acids is 1. The van der Waals surface area contributed by atoms with E-state index in [-0.39, 0.29) is 17.9 Å². The van der Waals surface area contributed by atoms with E-state index in [0.717, 1.165) is 16.8 Å². The van der Waals surface area contributed by atoms with Crippen molar-refractivity contribution in [1.29, 1.82) is 0 Å². The van der Waals surface area contributed by atoms with Gasteiger partial charge in [0.15, 0.2) is 0 Å². The van der Waals surface area contributed by atoms with E-state index in [9.17, 15) is 13.6 Å². The van der Waals surface area contributed by atoms with E-state index in [1.807, 2.05) is 66.9 Å². The van der Waals surface area contributed by atoms with E-state index in [1.165, 1.54) is 18.2 Å². The summed E-state index contributed by atoms with van der Waals surface area (Å²) in [6.07, 6.45) is 1.84. The molecule has 0 aliphatic rings. The smallest absolute Gasteiger partial charge is 0.387 e. The van der Waals surface area contributed by atoms with Crippen LogP contribution in [0.4, 0.5) is 8.78 Å². The third kappa shape index (κ3) is 5.03. The molecule has 0 unspecified atom stereocenters. The standard InChI is InChI=1S/C24H18BrF2N3O2/c25-18-11-12-21(32-24(26)27)20(13-18)23(31)28-14-17-15-30(19-9-5-2-6-10-19)29-22(17)16-7-3-1-4-8-16/h1-13,15,24H,14H2,(H,28,31). The molecule has 1 amide bonds.